The Morgan fingerprint density at radius 2 is 1.93 bits per heavy atom. The molecule has 7 heteroatoms. The lowest BCUT2D eigenvalue weighted by atomic mass is 10.2. The number of benzene rings is 1. The van der Waals surface area contributed by atoms with Crippen molar-refractivity contribution in [3.05, 3.63) is 54.2 Å². The van der Waals surface area contributed by atoms with Crippen LogP contribution in [0.15, 0.2) is 48.7 Å². The normalized spacial score (nSPS) is 14.2. The fraction of sp³-hybridized carbons (Fsp3) is 0.333. The molecular formula is C21H24N4O3. The summed E-state index contributed by atoms with van der Waals surface area (Å²) in [5.41, 5.74) is 1.85. The molecule has 1 N–H and O–H groups in total. The number of methoxy groups -OCH3 is 1. The van der Waals surface area contributed by atoms with Crippen molar-refractivity contribution < 1.29 is 14.3 Å². The molecule has 146 valence electrons. The Balaban J connectivity index is 1.42. The lowest BCUT2D eigenvalue weighted by molar-refractivity contribution is -0.121. The van der Waals surface area contributed by atoms with E-state index >= 15 is 0 Å². The number of carbonyl (C=O) groups is 1. The number of fused-ring (bicyclic) bond motifs is 1. The lowest BCUT2D eigenvalue weighted by Crippen LogP contribution is -2.36. The highest BCUT2D eigenvalue weighted by Crippen LogP contribution is 2.20. The summed E-state index contributed by atoms with van der Waals surface area (Å²) in [7, 11) is 1.64. The van der Waals surface area contributed by atoms with Gasteiger partial charge in [-0.1, -0.05) is 12.1 Å². The molecule has 0 spiro atoms. The molecule has 1 fully saturated rings. The number of pyridine rings is 1. The van der Waals surface area contributed by atoms with E-state index in [2.05, 4.69) is 16.3 Å². The van der Waals surface area contributed by atoms with Crippen LogP contribution in [0.4, 0.5) is 5.82 Å². The third-order valence-electron chi connectivity index (χ3n) is 4.89. The Labute approximate surface area is 163 Å². The van der Waals surface area contributed by atoms with E-state index in [-0.39, 0.29) is 12.5 Å². The summed E-state index contributed by atoms with van der Waals surface area (Å²) in [6, 6.07) is 13.7. The summed E-state index contributed by atoms with van der Waals surface area (Å²) in [5.74, 6) is 1.68. The Morgan fingerprint density at radius 1 is 1.14 bits per heavy atom. The molecule has 1 amide bonds. The molecule has 1 saturated heterocycles. The molecule has 0 saturated carbocycles. The number of hydrogen-bond acceptors (Lipinski definition) is 5. The van der Waals surface area contributed by atoms with Crippen molar-refractivity contribution in [3.8, 4) is 5.75 Å². The Hall–Kier alpha value is -3.06. The highest BCUT2D eigenvalue weighted by Gasteiger charge is 2.14. The Bertz CT molecular complexity index is 946. The molecule has 7 nitrogen and oxygen atoms in total. The van der Waals surface area contributed by atoms with Crippen molar-refractivity contribution in [2.45, 2.75) is 13.1 Å². The van der Waals surface area contributed by atoms with Crippen LogP contribution in [-0.4, -0.2) is 48.9 Å². The first-order valence-corrected chi connectivity index (χ1v) is 9.41. The molecule has 3 heterocycles. The van der Waals surface area contributed by atoms with Gasteiger partial charge in [0.2, 0.25) is 5.91 Å². The van der Waals surface area contributed by atoms with Crippen molar-refractivity contribution in [2.24, 2.45) is 0 Å². The summed E-state index contributed by atoms with van der Waals surface area (Å²) in [5, 5.41) is 3.99. The van der Waals surface area contributed by atoms with Crippen LogP contribution in [0.1, 0.15) is 5.56 Å². The van der Waals surface area contributed by atoms with Crippen LogP contribution in [0.5, 0.6) is 5.75 Å². The number of ether oxygens (including phenoxy) is 2. The van der Waals surface area contributed by atoms with Gasteiger partial charge in [-0.25, -0.2) is 4.98 Å². The average molecular weight is 380 g/mol. The Kier molecular flexibility index (Phi) is 5.43. The maximum absolute atomic E-state index is 12.4. The summed E-state index contributed by atoms with van der Waals surface area (Å²) in [4.78, 5) is 19.4. The van der Waals surface area contributed by atoms with Crippen molar-refractivity contribution in [1.29, 1.82) is 0 Å². The van der Waals surface area contributed by atoms with Crippen LogP contribution < -0.4 is 15.0 Å². The quantitative estimate of drug-likeness (QED) is 0.710. The minimum atomic E-state index is -0.0492. The second-order valence-electron chi connectivity index (χ2n) is 6.75. The molecule has 1 aliphatic heterocycles. The molecule has 4 rings (SSSR count). The highest BCUT2D eigenvalue weighted by molar-refractivity contribution is 5.82. The molecular weight excluding hydrogens is 356 g/mol. The topological polar surface area (TPSA) is 68.6 Å². The number of amides is 1. The number of nitrogens with one attached hydrogen (secondary N) is 1. The van der Waals surface area contributed by atoms with Gasteiger partial charge in [0, 0.05) is 31.2 Å². The zero-order chi connectivity index (χ0) is 19.3. The zero-order valence-electron chi connectivity index (χ0n) is 15.9. The number of anilines is 1. The molecule has 28 heavy (non-hydrogen) atoms. The van der Waals surface area contributed by atoms with E-state index in [4.69, 9.17) is 14.5 Å². The van der Waals surface area contributed by atoms with E-state index in [1.165, 1.54) is 0 Å². The minimum absolute atomic E-state index is 0.0492. The largest absolute Gasteiger partial charge is 0.497 e. The summed E-state index contributed by atoms with van der Waals surface area (Å²) in [6.07, 6.45) is 1.91. The predicted octanol–water partition coefficient (Wildman–Crippen LogP) is 2.20. The SMILES string of the molecule is COc1ccc(CNC(=O)Cn2ccc3ccc(N4CCOCC4)nc32)cc1. The smallest absolute Gasteiger partial charge is 0.240 e. The maximum atomic E-state index is 12.4. The van der Waals surface area contributed by atoms with Gasteiger partial charge < -0.3 is 24.3 Å². The van der Waals surface area contributed by atoms with E-state index in [1.807, 2.05) is 47.2 Å². The summed E-state index contributed by atoms with van der Waals surface area (Å²) < 4.78 is 12.5. The highest BCUT2D eigenvalue weighted by atomic mass is 16.5. The number of morpholine rings is 1. The van der Waals surface area contributed by atoms with Crippen LogP contribution >= 0.6 is 0 Å². The van der Waals surface area contributed by atoms with Gasteiger partial charge in [0.05, 0.1) is 20.3 Å². The number of carbonyl (C=O) groups excluding carboxylic acids is 1. The van der Waals surface area contributed by atoms with Crippen LogP contribution in [0.2, 0.25) is 0 Å². The third kappa shape index (κ3) is 4.09. The first kappa shape index (κ1) is 18.3. The third-order valence-corrected chi connectivity index (χ3v) is 4.89. The van der Waals surface area contributed by atoms with Crippen LogP contribution in [0.3, 0.4) is 0 Å². The maximum Gasteiger partial charge on any atom is 0.240 e. The van der Waals surface area contributed by atoms with Crippen molar-refractivity contribution in [2.75, 3.05) is 38.3 Å². The molecule has 0 unspecified atom stereocenters. The van der Waals surface area contributed by atoms with Crippen LogP contribution in [-0.2, 0) is 22.6 Å². The van der Waals surface area contributed by atoms with Gasteiger partial charge >= 0.3 is 0 Å². The average Bonchev–Trinajstić information content (AvgIpc) is 3.15. The number of aromatic nitrogens is 2. The predicted molar refractivity (Wildman–Crippen MR) is 108 cm³/mol. The minimum Gasteiger partial charge on any atom is -0.497 e. The number of nitrogens with zero attached hydrogens (tertiary/aromatic N) is 3. The number of rotatable bonds is 6. The lowest BCUT2D eigenvalue weighted by Gasteiger charge is -2.27. The number of hydrogen-bond donors (Lipinski definition) is 1. The van der Waals surface area contributed by atoms with Gasteiger partial charge in [-0.15, -0.1) is 0 Å². The first-order valence-electron chi connectivity index (χ1n) is 9.41. The zero-order valence-corrected chi connectivity index (χ0v) is 15.9. The van der Waals surface area contributed by atoms with Gasteiger partial charge in [-0.05, 0) is 35.9 Å². The van der Waals surface area contributed by atoms with E-state index in [9.17, 15) is 4.79 Å². The molecule has 0 radical (unpaired) electrons. The van der Waals surface area contributed by atoms with Gasteiger partial charge in [-0.2, -0.15) is 0 Å². The molecule has 0 aliphatic carbocycles. The Morgan fingerprint density at radius 3 is 2.68 bits per heavy atom. The van der Waals surface area contributed by atoms with E-state index in [0.29, 0.717) is 19.8 Å². The first-order chi connectivity index (χ1) is 13.7. The molecule has 1 aromatic carbocycles. The van der Waals surface area contributed by atoms with Gasteiger partial charge in [0.1, 0.15) is 23.8 Å². The second kappa shape index (κ2) is 8.31. The molecule has 2 aromatic heterocycles. The van der Waals surface area contributed by atoms with Crippen LogP contribution in [0.25, 0.3) is 11.0 Å². The fourth-order valence-corrected chi connectivity index (χ4v) is 3.30. The van der Waals surface area contributed by atoms with E-state index in [1.54, 1.807) is 7.11 Å². The van der Waals surface area contributed by atoms with Gasteiger partial charge in [0.15, 0.2) is 0 Å². The monoisotopic (exact) mass is 380 g/mol. The molecule has 0 atom stereocenters. The summed E-state index contributed by atoms with van der Waals surface area (Å²) in [6.45, 7) is 3.82. The van der Waals surface area contributed by atoms with E-state index in [0.717, 1.165) is 41.3 Å². The molecule has 0 bridgehead atoms. The van der Waals surface area contributed by atoms with Crippen molar-refractivity contribution in [3.63, 3.8) is 0 Å². The van der Waals surface area contributed by atoms with Crippen LogP contribution in [0, 0.1) is 0 Å². The fourth-order valence-electron chi connectivity index (χ4n) is 3.30. The standard InChI is InChI=1S/C21H24N4O3/c1-27-18-5-2-16(3-6-18)14-22-20(26)15-25-9-8-17-4-7-19(23-21(17)25)24-10-12-28-13-11-24/h2-9H,10-15H2,1H3,(H,22,26). The molecule has 1 aliphatic rings. The van der Waals surface area contributed by atoms with Gasteiger partial charge in [-0.3, -0.25) is 4.79 Å². The van der Waals surface area contributed by atoms with Gasteiger partial charge in [0.25, 0.3) is 0 Å². The second-order valence-corrected chi connectivity index (χ2v) is 6.75. The van der Waals surface area contributed by atoms with E-state index < -0.39 is 0 Å². The van der Waals surface area contributed by atoms with Crippen molar-refractivity contribution >= 4 is 22.8 Å². The summed E-state index contributed by atoms with van der Waals surface area (Å²) >= 11 is 0. The molecule has 3 aromatic rings. The van der Waals surface area contributed by atoms with Crippen molar-refractivity contribution in [1.82, 2.24) is 14.9 Å².